The summed E-state index contributed by atoms with van der Waals surface area (Å²) in [4.78, 5) is 16.4. The standard InChI is InChI=1S/C6H12N2O2.C5H4BrN/c1-10-6(9)8-4-2-7-3-5-8;6-5-2-1-3-7-4-5/h7H,2-5H2,1H3;1-4H. The second kappa shape index (κ2) is 8.03. The fraction of sp³-hybridized carbons (Fsp3) is 0.455. The molecule has 0 saturated carbocycles. The van der Waals surface area contributed by atoms with Crippen LogP contribution in [-0.4, -0.2) is 49.3 Å². The zero-order valence-corrected chi connectivity index (χ0v) is 11.3. The molecule has 2 heterocycles. The lowest BCUT2D eigenvalue weighted by atomic mass is 10.4. The number of nitrogens with one attached hydrogen (secondary N) is 1. The van der Waals surface area contributed by atoms with Crippen molar-refractivity contribution in [3.63, 3.8) is 0 Å². The molecule has 1 amide bonds. The molecule has 1 fully saturated rings. The van der Waals surface area contributed by atoms with E-state index >= 15 is 0 Å². The Morgan fingerprint density at radius 1 is 1.53 bits per heavy atom. The lowest BCUT2D eigenvalue weighted by Crippen LogP contribution is -2.46. The number of carbonyl (C=O) groups is 1. The number of ether oxygens (including phenoxy) is 1. The van der Waals surface area contributed by atoms with Crippen molar-refractivity contribution in [3.8, 4) is 0 Å². The number of methoxy groups -OCH3 is 1. The average molecular weight is 302 g/mol. The fourth-order valence-electron chi connectivity index (χ4n) is 1.32. The van der Waals surface area contributed by atoms with Gasteiger partial charge in [-0.2, -0.15) is 0 Å². The number of hydrogen-bond acceptors (Lipinski definition) is 4. The summed E-state index contributed by atoms with van der Waals surface area (Å²) in [6, 6.07) is 3.82. The molecule has 94 valence electrons. The van der Waals surface area contributed by atoms with Gasteiger partial charge in [0.25, 0.3) is 0 Å². The minimum atomic E-state index is -0.221. The third kappa shape index (κ3) is 5.65. The first kappa shape index (κ1) is 13.9. The number of nitrogens with zero attached hydrogens (tertiary/aromatic N) is 2. The fourth-order valence-corrected chi connectivity index (χ4v) is 1.59. The highest BCUT2D eigenvalue weighted by molar-refractivity contribution is 9.10. The second-order valence-electron chi connectivity index (χ2n) is 3.38. The van der Waals surface area contributed by atoms with E-state index in [1.807, 2.05) is 12.1 Å². The predicted octanol–water partition coefficient (Wildman–Crippen LogP) is 1.50. The van der Waals surface area contributed by atoms with Gasteiger partial charge in [0.1, 0.15) is 0 Å². The van der Waals surface area contributed by atoms with Crippen LogP contribution in [0.5, 0.6) is 0 Å². The molecule has 1 aliphatic heterocycles. The Hall–Kier alpha value is -1.14. The Kier molecular flexibility index (Phi) is 6.57. The number of amides is 1. The maximum atomic E-state index is 10.8. The van der Waals surface area contributed by atoms with Crippen LogP contribution in [0.2, 0.25) is 0 Å². The monoisotopic (exact) mass is 301 g/mol. The molecule has 2 rings (SSSR count). The highest BCUT2D eigenvalue weighted by Crippen LogP contribution is 2.02. The highest BCUT2D eigenvalue weighted by atomic mass is 79.9. The first-order valence-corrected chi connectivity index (χ1v) is 6.12. The van der Waals surface area contributed by atoms with Crippen LogP contribution < -0.4 is 5.32 Å². The van der Waals surface area contributed by atoms with E-state index in [9.17, 15) is 4.79 Å². The molecule has 0 radical (unpaired) electrons. The van der Waals surface area contributed by atoms with Crippen LogP contribution in [0.3, 0.4) is 0 Å². The van der Waals surface area contributed by atoms with Crippen LogP contribution in [0.15, 0.2) is 29.0 Å². The maximum Gasteiger partial charge on any atom is 0.409 e. The first-order chi connectivity index (χ1) is 8.24. The molecule has 17 heavy (non-hydrogen) atoms. The number of piperazine rings is 1. The number of pyridine rings is 1. The van der Waals surface area contributed by atoms with Crippen LogP contribution in [-0.2, 0) is 4.74 Å². The van der Waals surface area contributed by atoms with Crippen LogP contribution in [0.1, 0.15) is 0 Å². The quantitative estimate of drug-likeness (QED) is 0.789. The van der Waals surface area contributed by atoms with Gasteiger partial charge in [0.05, 0.1) is 7.11 Å². The molecule has 0 atom stereocenters. The van der Waals surface area contributed by atoms with Gasteiger partial charge in [0, 0.05) is 43.0 Å². The first-order valence-electron chi connectivity index (χ1n) is 5.33. The third-order valence-electron chi connectivity index (χ3n) is 2.18. The van der Waals surface area contributed by atoms with Gasteiger partial charge in [-0.1, -0.05) is 0 Å². The Morgan fingerprint density at radius 3 is 2.65 bits per heavy atom. The van der Waals surface area contributed by atoms with Crippen LogP contribution in [0.4, 0.5) is 4.79 Å². The Bertz CT molecular complexity index is 329. The van der Waals surface area contributed by atoms with E-state index < -0.39 is 0 Å². The number of hydrogen-bond donors (Lipinski definition) is 1. The Balaban J connectivity index is 0.000000181. The minimum absolute atomic E-state index is 0.221. The van der Waals surface area contributed by atoms with Crippen molar-refractivity contribution in [3.05, 3.63) is 29.0 Å². The molecule has 0 unspecified atom stereocenters. The van der Waals surface area contributed by atoms with Gasteiger partial charge in [0.2, 0.25) is 0 Å². The van der Waals surface area contributed by atoms with Crippen LogP contribution >= 0.6 is 15.9 Å². The third-order valence-corrected chi connectivity index (χ3v) is 2.64. The van der Waals surface area contributed by atoms with Crippen molar-refractivity contribution >= 4 is 22.0 Å². The lowest BCUT2D eigenvalue weighted by molar-refractivity contribution is 0.118. The summed E-state index contributed by atoms with van der Waals surface area (Å²) in [6.07, 6.45) is 3.27. The van der Waals surface area contributed by atoms with Crippen molar-refractivity contribution in [1.82, 2.24) is 15.2 Å². The molecule has 1 aromatic heterocycles. The zero-order valence-electron chi connectivity index (χ0n) is 9.73. The van der Waals surface area contributed by atoms with Gasteiger partial charge >= 0.3 is 6.09 Å². The normalized spacial score (nSPS) is 14.6. The van der Waals surface area contributed by atoms with Crippen molar-refractivity contribution in [2.45, 2.75) is 0 Å². The molecule has 5 nitrogen and oxygen atoms in total. The molecular formula is C11H16BrN3O2. The molecule has 1 N–H and O–H groups in total. The molecule has 6 heteroatoms. The number of aromatic nitrogens is 1. The highest BCUT2D eigenvalue weighted by Gasteiger charge is 2.15. The molecular weight excluding hydrogens is 286 g/mol. The van der Waals surface area contributed by atoms with E-state index in [1.165, 1.54) is 7.11 Å². The topological polar surface area (TPSA) is 54.5 Å². The Morgan fingerprint density at radius 2 is 2.24 bits per heavy atom. The van der Waals surface area contributed by atoms with Gasteiger partial charge in [-0.05, 0) is 28.1 Å². The zero-order chi connectivity index (χ0) is 12.5. The summed E-state index contributed by atoms with van der Waals surface area (Å²) in [6.45, 7) is 3.25. The van der Waals surface area contributed by atoms with Gasteiger partial charge < -0.3 is 15.0 Å². The van der Waals surface area contributed by atoms with Gasteiger partial charge in [-0.25, -0.2) is 4.79 Å². The summed E-state index contributed by atoms with van der Waals surface area (Å²) >= 11 is 3.25. The van der Waals surface area contributed by atoms with Crippen molar-refractivity contribution in [2.24, 2.45) is 0 Å². The van der Waals surface area contributed by atoms with Crippen molar-refractivity contribution < 1.29 is 9.53 Å². The lowest BCUT2D eigenvalue weighted by Gasteiger charge is -2.25. The van der Waals surface area contributed by atoms with Gasteiger partial charge in [0.15, 0.2) is 0 Å². The second-order valence-corrected chi connectivity index (χ2v) is 4.29. The van der Waals surface area contributed by atoms with Crippen LogP contribution in [0.25, 0.3) is 0 Å². The summed E-state index contributed by atoms with van der Waals surface area (Å²) in [5.41, 5.74) is 0. The molecule has 1 saturated heterocycles. The molecule has 1 aromatic rings. The minimum Gasteiger partial charge on any atom is -0.453 e. The van der Waals surface area contributed by atoms with E-state index in [0.29, 0.717) is 0 Å². The van der Waals surface area contributed by atoms with E-state index in [2.05, 4.69) is 31.0 Å². The molecule has 0 bridgehead atoms. The molecule has 0 aliphatic carbocycles. The molecule has 0 aromatic carbocycles. The predicted molar refractivity (Wildman–Crippen MR) is 68.8 cm³/mol. The number of rotatable bonds is 0. The van der Waals surface area contributed by atoms with E-state index in [-0.39, 0.29) is 6.09 Å². The maximum absolute atomic E-state index is 10.8. The Labute approximate surface area is 109 Å². The van der Waals surface area contributed by atoms with E-state index in [4.69, 9.17) is 0 Å². The van der Waals surface area contributed by atoms with E-state index in [0.717, 1.165) is 30.7 Å². The van der Waals surface area contributed by atoms with E-state index in [1.54, 1.807) is 17.3 Å². The van der Waals surface area contributed by atoms with Gasteiger partial charge in [-0.15, -0.1) is 0 Å². The SMILES string of the molecule is Brc1cccnc1.COC(=O)N1CCNCC1. The summed E-state index contributed by atoms with van der Waals surface area (Å²) in [5.74, 6) is 0. The van der Waals surface area contributed by atoms with Crippen molar-refractivity contribution in [1.29, 1.82) is 0 Å². The molecule has 1 aliphatic rings. The summed E-state index contributed by atoms with van der Waals surface area (Å²) < 4.78 is 5.57. The number of carbonyl (C=O) groups excluding carboxylic acids is 1. The average Bonchev–Trinajstić information content (AvgIpc) is 2.40. The summed E-state index contributed by atoms with van der Waals surface area (Å²) in [7, 11) is 1.41. The molecule has 0 spiro atoms. The smallest absolute Gasteiger partial charge is 0.409 e. The van der Waals surface area contributed by atoms with Gasteiger partial charge in [-0.3, -0.25) is 4.98 Å². The van der Waals surface area contributed by atoms with Crippen molar-refractivity contribution in [2.75, 3.05) is 33.3 Å². The number of halogens is 1. The summed E-state index contributed by atoms with van der Waals surface area (Å²) in [5, 5.41) is 3.14. The largest absolute Gasteiger partial charge is 0.453 e. The van der Waals surface area contributed by atoms with Crippen LogP contribution in [0, 0.1) is 0 Å².